The summed E-state index contributed by atoms with van der Waals surface area (Å²) < 4.78 is 17.8. The summed E-state index contributed by atoms with van der Waals surface area (Å²) in [6.45, 7) is 11.3. The highest BCUT2D eigenvalue weighted by molar-refractivity contribution is 6.66. The maximum absolute atomic E-state index is 12.2. The van der Waals surface area contributed by atoms with Crippen LogP contribution in [0.1, 0.15) is 46.5 Å². The standard InChI is InChI=1S/C24H40O5Si/c1-5-28-30(4,29-6-2)11-7-9-27-10-8-17-19-14-20(23(17)24(25)26)21-16-12-15(3)18(13-16)22(19)21/h12,16-23H,5-11,13-14H2,1-4H3,(H,25,26). The van der Waals surface area contributed by atoms with Gasteiger partial charge in [-0.25, -0.2) is 0 Å². The summed E-state index contributed by atoms with van der Waals surface area (Å²) in [6, 6.07) is 0.943. The molecule has 1 N–H and O–H groups in total. The summed E-state index contributed by atoms with van der Waals surface area (Å²) in [5.74, 6) is 3.34. The topological polar surface area (TPSA) is 65.0 Å². The van der Waals surface area contributed by atoms with E-state index in [1.165, 1.54) is 6.42 Å². The predicted octanol–water partition coefficient (Wildman–Crippen LogP) is 4.72. The Morgan fingerprint density at radius 2 is 1.87 bits per heavy atom. The van der Waals surface area contributed by atoms with Gasteiger partial charge in [0.05, 0.1) is 5.92 Å². The van der Waals surface area contributed by atoms with Crippen molar-refractivity contribution in [2.45, 2.75) is 59.0 Å². The average molecular weight is 437 g/mol. The molecule has 30 heavy (non-hydrogen) atoms. The van der Waals surface area contributed by atoms with E-state index in [-0.39, 0.29) is 5.92 Å². The largest absolute Gasteiger partial charge is 0.481 e. The lowest BCUT2D eigenvalue weighted by atomic mass is 9.63. The van der Waals surface area contributed by atoms with Crippen molar-refractivity contribution in [3.63, 3.8) is 0 Å². The number of hydrogen-bond donors (Lipinski definition) is 1. The van der Waals surface area contributed by atoms with Gasteiger partial charge in [-0.1, -0.05) is 11.6 Å². The Hall–Kier alpha value is -0.693. The van der Waals surface area contributed by atoms with Gasteiger partial charge in [-0.05, 0) is 100 Å². The van der Waals surface area contributed by atoms with Crippen LogP contribution in [0.2, 0.25) is 12.6 Å². The number of carboxylic acid groups (broad SMARTS) is 1. The van der Waals surface area contributed by atoms with E-state index in [1.807, 2.05) is 13.8 Å². The summed E-state index contributed by atoms with van der Waals surface area (Å²) >= 11 is 0. The fourth-order valence-electron chi connectivity index (χ4n) is 7.91. The molecule has 4 rings (SSSR count). The molecule has 8 atom stereocenters. The zero-order valence-corrected chi connectivity index (χ0v) is 20.1. The molecule has 5 nitrogen and oxygen atoms in total. The highest BCUT2D eigenvalue weighted by atomic mass is 28.4. The highest BCUT2D eigenvalue weighted by Gasteiger charge is 2.66. The SMILES string of the molecule is CCO[Si](C)(CCCOCCC1C2CC(C1C(=O)O)C1C3C=C(C)C(C3)C21)OCC. The molecule has 0 aromatic carbocycles. The van der Waals surface area contributed by atoms with Crippen LogP contribution < -0.4 is 0 Å². The Kier molecular flexibility index (Phi) is 6.78. The monoisotopic (exact) mass is 436 g/mol. The lowest BCUT2D eigenvalue weighted by molar-refractivity contribution is -0.148. The van der Waals surface area contributed by atoms with E-state index < -0.39 is 14.5 Å². The minimum absolute atomic E-state index is 0.153. The number of carboxylic acids is 1. The first kappa shape index (κ1) is 22.5. The van der Waals surface area contributed by atoms with Crippen LogP contribution in [0.15, 0.2) is 11.6 Å². The van der Waals surface area contributed by atoms with Crippen molar-refractivity contribution in [3.05, 3.63) is 11.6 Å². The van der Waals surface area contributed by atoms with Crippen LogP contribution in [0.25, 0.3) is 0 Å². The zero-order chi connectivity index (χ0) is 21.5. The fraction of sp³-hybridized carbons (Fsp3) is 0.875. The second-order valence-corrected chi connectivity index (χ2v) is 13.5. The van der Waals surface area contributed by atoms with Gasteiger partial charge in [0.2, 0.25) is 0 Å². The van der Waals surface area contributed by atoms with Gasteiger partial charge in [0.25, 0.3) is 0 Å². The Labute approximate surface area is 182 Å². The molecule has 0 aromatic rings. The van der Waals surface area contributed by atoms with E-state index in [4.69, 9.17) is 13.6 Å². The molecule has 0 aromatic heterocycles. The van der Waals surface area contributed by atoms with E-state index in [0.29, 0.717) is 56.0 Å². The molecule has 0 saturated heterocycles. The molecule has 3 saturated carbocycles. The maximum atomic E-state index is 12.2. The number of allylic oxidation sites excluding steroid dienone is 2. The van der Waals surface area contributed by atoms with Crippen molar-refractivity contribution in [2.24, 2.45) is 47.3 Å². The number of hydrogen-bond acceptors (Lipinski definition) is 4. The molecule has 170 valence electrons. The first-order valence-electron chi connectivity index (χ1n) is 12.2. The van der Waals surface area contributed by atoms with Crippen molar-refractivity contribution >= 4 is 14.5 Å². The van der Waals surface area contributed by atoms with Crippen LogP contribution in [-0.2, 0) is 18.4 Å². The lowest BCUT2D eigenvalue weighted by Gasteiger charge is -2.41. The van der Waals surface area contributed by atoms with E-state index in [1.54, 1.807) is 5.57 Å². The molecule has 6 heteroatoms. The van der Waals surface area contributed by atoms with Crippen LogP contribution in [0.5, 0.6) is 0 Å². The molecule has 4 aliphatic carbocycles. The van der Waals surface area contributed by atoms with Crippen LogP contribution in [0.3, 0.4) is 0 Å². The van der Waals surface area contributed by atoms with Gasteiger partial charge in [-0.15, -0.1) is 0 Å². The summed E-state index contributed by atoms with van der Waals surface area (Å²) in [6.07, 6.45) is 6.72. The summed E-state index contributed by atoms with van der Waals surface area (Å²) in [7, 11) is -2.06. The van der Waals surface area contributed by atoms with E-state index in [2.05, 4.69) is 19.5 Å². The number of fused-ring (bicyclic) bond motifs is 9. The third-order valence-electron chi connectivity index (χ3n) is 8.70. The number of carbonyl (C=O) groups is 1. The van der Waals surface area contributed by atoms with Crippen LogP contribution in [-0.4, -0.2) is 46.1 Å². The Morgan fingerprint density at radius 1 is 1.13 bits per heavy atom. The molecule has 3 fully saturated rings. The van der Waals surface area contributed by atoms with E-state index in [0.717, 1.165) is 37.1 Å². The first-order valence-corrected chi connectivity index (χ1v) is 14.7. The van der Waals surface area contributed by atoms with Gasteiger partial charge in [-0.3, -0.25) is 4.79 Å². The predicted molar refractivity (Wildman–Crippen MR) is 118 cm³/mol. The Morgan fingerprint density at radius 3 is 2.53 bits per heavy atom. The molecule has 0 heterocycles. The summed E-state index contributed by atoms with van der Waals surface area (Å²) in [5.41, 5.74) is 1.58. The molecule has 0 aliphatic heterocycles. The number of rotatable bonds is 12. The van der Waals surface area contributed by atoms with Gasteiger partial charge in [0.1, 0.15) is 0 Å². The van der Waals surface area contributed by atoms with Gasteiger partial charge in [0.15, 0.2) is 0 Å². The zero-order valence-electron chi connectivity index (χ0n) is 19.1. The van der Waals surface area contributed by atoms with E-state index in [9.17, 15) is 9.90 Å². The number of aliphatic carboxylic acids is 1. The van der Waals surface area contributed by atoms with Gasteiger partial charge >= 0.3 is 14.5 Å². The minimum atomic E-state index is -2.06. The van der Waals surface area contributed by atoms with Gasteiger partial charge < -0.3 is 18.7 Å². The van der Waals surface area contributed by atoms with Crippen molar-refractivity contribution < 1.29 is 23.5 Å². The molecular weight excluding hydrogens is 396 g/mol. The quantitative estimate of drug-likeness (QED) is 0.207. The van der Waals surface area contributed by atoms with E-state index >= 15 is 0 Å². The molecule has 4 aliphatic rings. The Bertz CT molecular complexity index is 658. The second-order valence-electron chi connectivity index (χ2n) is 10.2. The normalized spacial score (nSPS) is 38.9. The molecule has 4 bridgehead atoms. The third kappa shape index (κ3) is 3.93. The summed E-state index contributed by atoms with van der Waals surface area (Å²) in [5, 5.41) is 10.00. The maximum Gasteiger partial charge on any atom is 0.334 e. The fourth-order valence-corrected chi connectivity index (χ4v) is 10.3. The number of ether oxygens (including phenoxy) is 1. The van der Waals surface area contributed by atoms with Gasteiger partial charge in [0, 0.05) is 26.4 Å². The molecule has 0 radical (unpaired) electrons. The van der Waals surface area contributed by atoms with Crippen LogP contribution in [0, 0.1) is 47.3 Å². The summed E-state index contributed by atoms with van der Waals surface area (Å²) in [4.78, 5) is 12.2. The molecular formula is C24H40O5Si. The third-order valence-corrected chi connectivity index (χ3v) is 11.8. The van der Waals surface area contributed by atoms with Crippen molar-refractivity contribution in [1.29, 1.82) is 0 Å². The molecule has 8 unspecified atom stereocenters. The van der Waals surface area contributed by atoms with Crippen LogP contribution in [0.4, 0.5) is 0 Å². The molecule has 0 amide bonds. The van der Waals surface area contributed by atoms with Crippen molar-refractivity contribution in [2.75, 3.05) is 26.4 Å². The smallest absolute Gasteiger partial charge is 0.334 e. The average Bonchev–Trinajstić information content (AvgIpc) is 3.42. The van der Waals surface area contributed by atoms with Crippen LogP contribution >= 0.6 is 0 Å². The highest BCUT2D eigenvalue weighted by Crippen LogP contribution is 2.70. The first-order chi connectivity index (χ1) is 14.4. The molecule has 0 spiro atoms. The van der Waals surface area contributed by atoms with Crippen molar-refractivity contribution in [1.82, 2.24) is 0 Å². The lowest BCUT2D eigenvalue weighted by Crippen LogP contribution is -2.41. The van der Waals surface area contributed by atoms with Crippen molar-refractivity contribution in [3.8, 4) is 0 Å². The Balaban J connectivity index is 1.27. The minimum Gasteiger partial charge on any atom is -0.481 e. The van der Waals surface area contributed by atoms with Gasteiger partial charge in [-0.2, -0.15) is 0 Å². The second kappa shape index (κ2) is 9.05.